The Balaban J connectivity index is 1.81. The van der Waals surface area contributed by atoms with E-state index >= 15 is 0 Å². The summed E-state index contributed by atoms with van der Waals surface area (Å²) in [6.45, 7) is 1.62. The minimum atomic E-state index is -4.33. The Morgan fingerprint density at radius 3 is 2.22 bits per heavy atom. The van der Waals surface area contributed by atoms with Crippen molar-refractivity contribution in [3.63, 3.8) is 0 Å². The smallest absolute Gasteiger partial charge is 0.264 e. The first kappa shape index (κ1) is 33.5. The van der Waals surface area contributed by atoms with Crippen LogP contribution in [0.1, 0.15) is 24.5 Å². The highest BCUT2D eigenvalue weighted by molar-refractivity contribution is 7.92. The fourth-order valence-corrected chi connectivity index (χ4v) is 6.38. The number of anilines is 1. The Labute approximate surface area is 268 Å². The molecule has 0 saturated carbocycles. The molecule has 0 unspecified atom stereocenters. The topological polar surface area (TPSA) is 96.0 Å². The number of nitrogens with zero attached hydrogens (tertiary/aromatic N) is 2. The molecule has 0 aliphatic rings. The zero-order valence-corrected chi connectivity index (χ0v) is 26.6. The van der Waals surface area contributed by atoms with E-state index in [-0.39, 0.29) is 34.5 Å². The van der Waals surface area contributed by atoms with Gasteiger partial charge in [0, 0.05) is 19.5 Å². The van der Waals surface area contributed by atoms with Crippen molar-refractivity contribution in [2.45, 2.75) is 37.2 Å². The molecule has 4 rings (SSSR count). The van der Waals surface area contributed by atoms with E-state index in [2.05, 4.69) is 5.32 Å². The number of rotatable bonds is 14. The molecule has 1 N–H and O–H groups in total. The number of carbonyl (C=O) groups excluding carboxylic acids is 2. The fraction of sp³-hybridized carbons (Fsp3) is 0.235. The molecule has 4 aromatic rings. The molecule has 0 aliphatic heterocycles. The Hall–Kier alpha value is -4.41. The van der Waals surface area contributed by atoms with Gasteiger partial charge in [0.2, 0.25) is 11.8 Å². The Morgan fingerprint density at radius 1 is 0.911 bits per heavy atom. The van der Waals surface area contributed by atoms with Crippen molar-refractivity contribution in [1.29, 1.82) is 0 Å². The Kier molecular flexibility index (Phi) is 11.6. The third kappa shape index (κ3) is 8.61. The summed E-state index contributed by atoms with van der Waals surface area (Å²) in [5.41, 5.74) is 1.48. The highest BCUT2D eigenvalue weighted by Gasteiger charge is 2.34. The lowest BCUT2D eigenvalue weighted by atomic mass is 10.0. The van der Waals surface area contributed by atoms with E-state index in [1.165, 1.54) is 30.2 Å². The molecule has 0 bridgehead atoms. The van der Waals surface area contributed by atoms with Gasteiger partial charge in [-0.25, -0.2) is 12.8 Å². The number of hydrogen-bond acceptors (Lipinski definition) is 5. The molecular weight excluding hydrogens is 617 g/mol. The molecule has 8 nitrogen and oxygen atoms in total. The molecule has 0 aliphatic carbocycles. The maximum absolute atomic E-state index is 14.4. The van der Waals surface area contributed by atoms with Crippen LogP contribution >= 0.6 is 11.6 Å². The van der Waals surface area contributed by atoms with Gasteiger partial charge in [-0.1, -0.05) is 79.2 Å². The first-order valence-electron chi connectivity index (χ1n) is 14.4. The molecule has 4 aromatic carbocycles. The third-order valence-corrected chi connectivity index (χ3v) is 9.19. The van der Waals surface area contributed by atoms with Crippen LogP contribution in [0.15, 0.2) is 108 Å². The number of sulfonamides is 1. The summed E-state index contributed by atoms with van der Waals surface area (Å²) in [5, 5.41) is 2.60. The fourth-order valence-electron chi connectivity index (χ4n) is 4.78. The van der Waals surface area contributed by atoms with Gasteiger partial charge in [-0.05, 0) is 60.0 Å². The Bertz CT molecular complexity index is 1710. The summed E-state index contributed by atoms with van der Waals surface area (Å²) in [5.74, 6) is -1.20. The summed E-state index contributed by atoms with van der Waals surface area (Å²) in [7, 11) is -2.80. The van der Waals surface area contributed by atoms with Gasteiger partial charge in [0.05, 0.1) is 22.7 Å². The van der Waals surface area contributed by atoms with Gasteiger partial charge in [0.25, 0.3) is 10.0 Å². The molecule has 0 radical (unpaired) electrons. The van der Waals surface area contributed by atoms with Crippen molar-refractivity contribution < 1.29 is 27.1 Å². The van der Waals surface area contributed by atoms with E-state index in [4.69, 9.17) is 16.3 Å². The van der Waals surface area contributed by atoms with Gasteiger partial charge in [0.1, 0.15) is 24.2 Å². The number of ether oxygens (including phenoxy) is 1. The van der Waals surface area contributed by atoms with Crippen LogP contribution in [0.4, 0.5) is 10.1 Å². The second-order valence-corrected chi connectivity index (χ2v) is 12.6. The third-order valence-electron chi connectivity index (χ3n) is 7.11. The molecule has 2 amide bonds. The molecule has 0 saturated heterocycles. The van der Waals surface area contributed by atoms with Crippen LogP contribution in [-0.2, 0) is 32.6 Å². The first-order chi connectivity index (χ1) is 21.6. The average molecular weight is 652 g/mol. The molecule has 45 heavy (non-hydrogen) atoms. The van der Waals surface area contributed by atoms with Crippen LogP contribution in [0.3, 0.4) is 0 Å². The second-order valence-electron chi connectivity index (χ2n) is 10.3. The summed E-state index contributed by atoms with van der Waals surface area (Å²) in [4.78, 5) is 29.4. The minimum absolute atomic E-state index is 0.00465. The van der Waals surface area contributed by atoms with Crippen molar-refractivity contribution >= 4 is 39.1 Å². The van der Waals surface area contributed by atoms with E-state index in [1.54, 1.807) is 42.5 Å². The van der Waals surface area contributed by atoms with Crippen molar-refractivity contribution in [2.24, 2.45) is 0 Å². The van der Waals surface area contributed by atoms with Crippen LogP contribution in [0, 0.1) is 5.82 Å². The Morgan fingerprint density at radius 2 is 1.58 bits per heavy atom. The SMILES string of the molecule is CCCNC(=O)[C@H](Cc1ccccc1)N(Cc1cccc(OC)c1)C(=O)CN(c1ccc(F)c(Cl)c1)S(=O)(=O)c1ccccc1. The minimum Gasteiger partial charge on any atom is -0.497 e. The molecule has 0 heterocycles. The van der Waals surface area contributed by atoms with Crippen LogP contribution in [0.2, 0.25) is 5.02 Å². The predicted octanol–water partition coefficient (Wildman–Crippen LogP) is 5.85. The predicted molar refractivity (Wildman–Crippen MR) is 173 cm³/mol. The molecule has 1 atom stereocenters. The lowest BCUT2D eigenvalue weighted by Gasteiger charge is -2.34. The number of methoxy groups -OCH3 is 1. The summed E-state index contributed by atoms with van der Waals surface area (Å²) >= 11 is 6.06. The highest BCUT2D eigenvalue weighted by atomic mass is 35.5. The van der Waals surface area contributed by atoms with Crippen molar-refractivity contribution in [1.82, 2.24) is 10.2 Å². The van der Waals surface area contributed by atoms with Crippen LogP contribution < -0.4 is 14.4 Å². The van der Waals surface area contributed by atoms with E-state index in [0.29, 0.717) is 24.3 Å². The van der Waals surface area contributed by atoms with Crippen molar-refractivity contribution in [2.75, 3.05) is 24.5 Å². The summed E-state index contributed by atoms with van der Waals surface area (Å²) in [6.07, 6.45) is 0.863. The summed E-state index contributed by atoms with van der Waals surface area (Å²) < 4.78 is 48.4. The van der Waals surface area contributed by atoms with Crippen LogP contribution in [-0.4, -0.2) is 51.4 Å². The molecular formula is C34H35ClFN3O5S. The van der Waals surface area contributed by atoms with Gasteiger partial charge in [0.15, 0.2) is 0 Å². The number of halogens is 2. The zero-order chi connectivity index (χ0) is 32.4. The quantitative estimate of drug-likeness (QED) is 0.185. The lowest BCUT2D eigenvalue weighted by Crippen LogP contribution is -2.53. The van der Waals surface area contributed by atoms with Crippen LogP contribution in [0.25, 0.3) is 0 Å². The van der Waals surface area contributed by atoms with Crippen LogP contribution in [0.5, 0.6) is 5.75 Å². The second kappa shape index (κ2) is 15.5. The van der Waals surface area contributed by atoms with E-state index < -0.39 is 34.3 Å². The van der Waals surface area contributed by atoms with Gasteiger partial charge >= 0.3 is 0 Å². The number of nitrogens with one attached hydrogen (secondary N) is 1. The molecule has 11 heteroatoms. The number of hydrogen-bond donors (Lipinski definition) is 1. The maximum Gasteiger partial charge on any atom is 0.264 e. The largest absolute Gasteiger partial charge is 0.497 e. The van der Waals surface area contributed by atoms with Gasteiger partial charge in [-0.2, -0.15) is 0 Å². The standard InChI is InChI=1S/C34H35ClFN3O5S/c1-3-19-37-34(41)32(21-25-11-6-4-7-12-25)38(23-26-13-10-14-28(20-26)44-2)33(40)24-39(27-17-18-31(36)30(35)22-27)45(42,43)29-15-8-5-9-16-29/h4-18,20,22,32H,3,19,21,23-24H2,1-2H3,(H,37,41)/t32-/m0/s1. The number of carbonyl (C=O) groups is 2. The van der Waals surface area contributed by atoms with Crippen molar-refractivity contribution in [3.8, 4) is 5.75 Å². The molecule has 0 fully saturated rings. The number of benzene rings is 4. The van der Waals surface area contributed by atoms with Crippen molar-refractivity contribution in [3.05, 3.63) is 125 Å². The highest BCUT2D eigenvalue weighted by Crippen LogP contribution is 2.28. The molecule has 0 aromatic heterocycles. The van der Waals surface area contributed by atoms with Gasteiger partial charge in [-0.15, -0.1) is 0 Å². The first-order valence-corrected chi connectivity index (χ1v) is 16.2. The zero-order valence-electron chi connectivity index (χ0n) is 25.0. The molecule has 236 valence electrons. The number of amides is 2. The normalized spacial score (nSPS) is 11.8. The van der Waals surface area contributed by atoms with E-state index in [9.17, 15) is 22.4 Å². The van der Waals surface area contributed by atoms with Gasteiger partial charge in [-0.3, -0.25) is 13.9 Å². The lowest BCUT2D eigenvalue weighted by molar-refractivity contribution is -0.140. The van der Waals surface area contributed by atoms with E-state index in [0.717, 1.165) is 22.0 Å². The maximum atomic E-state index is 14.4. The van der Waals surface area contributed by atoms with Gasteiger partial charge < -0.3 is 15.0 Å². The monoisotopic (exact) mass is 651 g/mol. The average Bonchev–Trinajstić information content (AvgIpc) is 3.06. The summed E-state index contributed by atoms with van der Waals surface area (Å²) in [6, 6.07) is 26.4. The van der Waals surface area contributed by atoms with E-state index in [1.807, 2.05) is 37.3 Å². The molecule has 0 spiro atoms.